The Morgan fingerprint density at radius 1 is 1.48 bits per heavy atom. The monoisotopic (exact) mass is 286 g/mol. The third-order valence-corrected chi connectivity index (χ3v) is 2.62. The van der Waals surface area contributed by atoms with Crippen LogP contribution in [-0.4, -0.2) is 22.4 Å². The molecule has 0 fully saturated rings. The maximum atomic E-state index is 12.1. The lowest BCUT2D eigenvalue weighted by molar-refractivity contribution is 0.0951. The van der Waals surface area contributed by atoms with Gasteiger partial charge in [0.1, 0.15) is 18.1 Å². The molecule has 0 saturated heterocycles. The number of hydrogen-bond donors (Lipinski definition) is 1. The van der Waals surface area contributed by atoms with Gasteiger partial charge in [-0.3, -0.25) is 4.79 Å². The molecular formula is C15H18N4O2. The average molecular weight is 286 g/mol. The summed E-state index contributed by atoms with van der Waals surface area (Å²) in [5.41, 5.74) is 1.61. The molecule has 0 aliphatic heterocycles. The molecule has 0 aliphatic rings. The van der Waals surface area contributed by atoms with Gasteiger partial charge in [-0.2, -0.15) is 4.91 Å². The minimum absolute atomic E-state index is 0.0776. The summed E-state index contributed by atoms with van der Waals surface area (Å²) in [5, 5.41) is 5.53. The summed E-state index contributed by atoms with van der Waals surface area (Å²) < 4.78 is 0. The summed E-state index contributed by atoms with van der Waals surface area (Å²) in [6.45, 7) is 7.44. The van der Waals surface area contributed by atoms with Crippen LogP contribution in [0, 0.1) is 11.8 Å². The zero-order valence-corrected chi connectivity index (χ0v) is 12.2. The summed E-state index contributed by atoms with van der Waals surface area (Å²) in [4.78, 5) is 30.5. The molecule has 0 unspecified atom stereocenters. The molecule has 1 aromatic heterocycles. The van der Waals surface area contributed by atoms with Crippen molar-refractivity contribution in [2.45, 2.75) is 20.4 Å². The van der Waals surface area contributed by atoms with E-state index in [1.165, 1.54) is 6.07 Å². The molecule has 1 rings (SSSR count). The number of nitroso groups, excluding NO2 is 1. The van der Waals surface area contributed by atoms with Gasteiger partial charge in [-0.15, -0.1) is 0 Å². The predicted molar refractivity (Wildman–Crippen MR) is 81.7 cm³/mol. The van der Waals surface area contributed by atoms with E-state index in [-0.39, 0.29) is 18.1 Å². The van der Waals surface area contributed by atoms with E-state index in [4.69, 9.17) is 0 Å². The number of nitrogens with zero attached hydrogens (tertiary/aromatic N) is 3. The zero-order chi connectivity index (χ0) is 15.7. The van der Waals surface area contributed by atoms with Crippen LogP contribution in [0.2, 0.25) is 0 Å². The lowest BCUT2D eigenvalue weighted by Gasteiger charge is -2.07. The number of allylic oxidation sites excluding steroid dienone is 3. The summed E-state index contributed by atoms with van der Waals surface area (Å²) in [7, 11) is 0. The lowest BCUT2D eigenvalue weighted by atomic mass is 10.2. The first-order chi connectivity index (χ1) is 10.1. The van der Waals surface area contributed by atoms with Crippen LogP contribution >= 0.6 is 0 Å². The molecule has 1 N–H and O–H groups in total. The van der Waals surface area contributed by atoms with Gasteiger partial charge in [0, 0.05) is 6.54 Å². The fraction of sp³-hybridized carbons (Fsp3) is 0.267. The summed E-state index contributed by atoms with van der Waals surface area (Å²) >= 11 is 0. The van der Waals surface area contributed by atoms with Gasteiger partial charge in [0.25, 0.3) is 5.91 Å². The van der Waals surface area contributed by atoms with Crippen molar-refractivity contribution >= 4 is 5.91 Å². The molecule has 21 heavy (non-hydrogen) atoms. The van der Waals surface area contributed by atoms with Gasteiger partial charge in [0.15, 0.2) is 0 Å². The first-order valence-corrected chi connectivity index (χ1v) is 6.46. The van der Waals surface area contributed by atoms with Crippen molar-refractivity contribution in [3.63, 3.8) is 0 Å². The van der Waals surface area contributed by atoms with Crippen LogP contribution in [0.4, 0.5) is 0 Å². The van der Waals surface area contributed by atoms with Gasteiger partial charge in [-0.05, 0) is 25.5 Å². The Morgan fingerprint density at radius 2 is 2.24 bits per heavy atom. The number of amides is 1. The first-order valence-electron chi connectivity index (χ1n) is 6.46. The first kappa shape index (κ1) is 16.4. The minimum Gasteiger partial charge on any atom is -0.347 e. The molecule has 0 atom stereocenters. The Morgan fingerprint density at radius 3 is 2.86 bits per heavy atom. The normalized spacial score (nSPS) is 11.4. The SMILES string of the molecule is C=C/C=C\C(=CC)CNC(=O)c1cc(CN=O)nc(C)n1. The molecule has 110 valence electrons. The van der Waals surface area contributed by atoms with E-state index in [2.05, 4.69) is 27.0 Å². The van der Waals surface area contributed by atoms with E-state index in [0.717, 1.165) is 5.57 Å². The number of hydrogen-bond acceptors (Lipinski definition) is 5. The summed E-state index contributed by atoms with van der Waals surface area (Å²) in [5.74, 6) is 0.109. The average Bonchev–Trinajstić information content (AvgIpc) is 2.47. The highest BCUT2D eigenvalue weighted by Gasteiger charge is 2.10. The van der Waals surface area contributed by atoms with Crippen LogP contribution in [0.1, 0.15) is 28.9 Å². The van der Waals surface area contributed by atoms with Crippen molar-refractivity contribution in [1.82, 2.24) is 15.3 Å². The smallest absolute Gasteiger partial charge is 0.270 e. The molecule has 1 heterocycles. The molecule has 0 spiro atoms. The van der Waals surface area contributed by atoms with Gasteiger partial charge in [-0.25, -0.2) is 9.97 Å². The van der Waals surface area contributed by atoms with Gasteiger partial charge >= 0.3 is 0 Å². The standard InChI is InChI=1S/C15H18N4O2/c1-4-6-7-12(5-2)9-16-15(20)14-8-13(10-17-21)18-11(3)19-14/h4-8H,1,9-10H2,2-3H3,(H,16,20)/b7-6-,12-5?. The van der Waals surface area contributed by atoms with E-state index in [0.29, 0.717) is 18.1 Å². The number of carbonyl (C=O) groups excluding carboxylic acids is 1. The zero-order valence-electron chi connectivity index (χ0n) is 12.2. The van der Waals surface area contributed by atoms with E-state index in [1.54, 1.807) is 19.1 Å². The van der Waals surface area contributed by atoms with Gasteiger partial charge in [-0.1, -0.05) is 36.1 Å². The maximum absolute atomic E-state index is 12.1. The van der Waals surface area contributed by atoms with Crippen molar-refractivity contribution in [2.75, 3.05) is 6.54 Å². The molecule has 0 aliphatic carbocycles. The number of aromatic nitrogens is 2. The number of aryl methyl sites for hydroxylation is 1. The van der Waals surface area contributed by atoms with E-state index >= 15 is 0 Å². The van der Waals surface area contributed by atoms with Gasteiger partial charge < -0.3 is 5.32 Å². The van der Waals surface area contributed by atoms with Crippen molar-refractivity contribution in [3.8, 4) is 0 Å². The predicted octanol–water partition coefficient (Wildman–Crippen LogP) is 2.47. The summed E-state index contributed by atoms with van der Waals surface area (Å²) in [6, 6.07) is 1.47. The van der Waals surface area contributed by atoms with E-state index in [1.807, 2.05) is 19.1 Å². The van der Waals surface area contributed by atoms with E-state index in [9.17, 15) is 9.70 Å². The third kappa shape index (κ3) is 5.48. The second-order valence-electron chi connectivity index (χ2n) is 4.22. The van der Waals surface area contributed by atoms with Crippen LogP contribution in [0.25, 0.3) is 0 Å². The topological polar surface area (TPSA) is 84.3 Å². The van der Waals surface area contributed by atoms with Gasteiger partial charge in [0.2, 0.25) is 0 Å². The third-order valence-electron chi connectivity index (χ3n) is 2.62. The highest BCUT2D eigenvalue weighted by molar-refractivity contribution is 5.92. The number of nitrogens with one attached hydrogen (secondary N) is 1. The molecule has 0 aromatic carbocycles. The second-order valence-corrected chi connectivity index (χ2v) is 4.22. The fourth-order valence-electron chi connectivity index (χ4n) is 1.61. The molecular weight excluding hydrogens is 268 g/mol. The Hall–Kier alpha value is -2.63. The molecule has 0 bridgehead atoms. The number of carbonyl (C=O) groups is 1. The fourth-order valence-corrected chi connectivity index (χ4v) is 1.61. The van der Waals surface area contributed by atoms with Crippen LogP contribution in [-0.2, 0) is 6.54 Å². The van der Waals surface area contributed by atoms with Crippen molar-refractivity contribution in [1.29, 1.82) is 0 Å². The molecule has 0 saturated carbocycles. The Balaban J connectivity index is 2.77. The van der Waals surface area contributed by atoms with Crippen molar-refractivity contribution in [2.24, 2.45) is 5.18 Å². The molecule has 1 amide bonds. The van der Waals surface area contributed by atoms with Crippen molar-refractivity contribution < 1.29 is 4.79 Å². The lowest BCUT2D eigenvalue weighted by Crippen LogP contribution is -2.26. The summed E-state index contributed by atoms with van der Waals surface area (Å²) in [6.07, 6.45) is 7.22. The Labute approximate surface area is 123 Å². The van der Waals surface area contributed by atoms with E-state index < -0.39 is 0 Å². The molecule has 1 aromatic rings. The van der Waals surface area contributed by atoms with Crippen LogP contribution in [0.3, 0.4) is 0 Å². The van der Waals surface area contributed by atoms with Gasteiger partial charge in [0.05, 0.1) is 5.69 Å². The quantitative estimate of drug-likeness (QED) is 0.616. The van der Waals surface area contributed by atoms with Crippen LogP contribution in [0.15, 0.2) is 47.7 Å². The van der Waals surface area contributed by atoms with Crippen molar-refractivity contribution in [3.05, 3.63) is 64.6 Å². The minimum atomic E-state index is -0.320. The Bertz CT molecular complexity index is 591. The Kier molecular flexibility index (Phi) is 6.67. The molecule has 6 heteroatoms. The molecule has 0 radical (unpaired) electrons. The van der Waals surface area contributed by atoms with Crippen LogP contribution in [0.5, 0.6) is 0 Å². The van der Waals surface area contributed by atoms with Crippen LogP contribution < -0.4 is 5.32 Å². The second kappa shape index (κ2) is 8.52. The molecule has 6 nitrogen and oxygen atoms in total. The highest BCUT2D eigenvalue weighted by atomic mass is 16.3. The highest BCUT2D eigenvalue weighted by Crippen LogP contribution is 2.04. The number of rotatable bonds is 7. The maximum Gasteiger partial charge on any atom is 0.270 e. The largest absolute Gasteiger partial charge is 0.347 e.